The van der Waals surface area contributed by atoms with E-state index in [4.69, 9.17) is 0 Å². The zero-order valence-corrected chi connectivity index (χ0v) is 26.2. The largest absolute Gasteiger partial charge is 0.0622 e. The Balaban J connectivity index is 1.49. The van der Waals surface area contributed by atoms with E-state index in [1.54, 1.807) is 0 Å². The SMILES string of the molecule is c1ccc(-c2cc3cccc4c5c(-c6ccccc6)c6c(cc7c8ccccc8c8cccc6c87)c(-c6ccccc6)c5c(c2)c34)cc1. The monoisotopic (exact) mass is 604 g/mol. The van der Waals surface area contributed by atoms with Crippen molar-refractivity contribution in [2.24, 2.45) is 0 Å². The van der Waals surface area contributed by atoms with Gasteiger partial charge in [-0.3, -0.25) is 0 Å². The highest BCUT2D eigenvalue weighted by atomic mass is 14.3. The van der Waals surface area contributed by atoms with Crippen LogP contribution in [0.1, 0.15) is 0 Å². The first kappa shape index (κ1) is 25.9. The molecule has 0 atom stereocenters. The van der Waals surface area contributed by atoms with E-state index < -0.39 is 0 Å². The Bertz CT molecular complexity index is 3010. The van der Waals surface area contributed by atoms with Gasteiger partial charge in [-0.15, -0.1) is 0 Å². The van der Waals surface area contributed by atoms with Gasteiger partial charge in [0.25, 0.3) is 0 Å². The zero-order chi connectivity index (χ0) is 31.3. The van der Waals surface area contributed by atoms with Crippen molar-refractivity contribution in [2.45, 2.75) is 0 Å². The molecule has 0 saturated heterocycles. The summed E-state index contributed by atoms with van der Waals surface area (Å²) in [7, 11) is 0. The molecule has 0 aliphatic carbocycles. The number of rotatable bonds is 3. The quantitative estimate of drug-likeness (QED) is 0.176. The summed E-state index contributed by atoms with van der Waals surface area (Å²) in [6.45, 7) is 0. The van der Waals surface area contributed by atoms with E-state index >= 15 is 0 Å². The number of hydrogen-bond acceptors (Lipinski definition) is 0. The summed E-state index contributed by atoms with van der Waals surface area (Å²) < 4.78 is 0. The van der Waals surface area contributed by atoms with Gasteiger partial charge in [0.1, 0.15) is 0 Å². The van der Waals surface area contributed by atoms with Crippen LogP contribution in [0.5, 0.6) is 0 Å². The van der Waals surface area contributed by atoms with Gasteiger partial charge in [0.15, 0.2) is 0 Å². The van der Waals surface area contributed by atoms with Crippen molar-refractivity contribution in [3.63, 3.8) is 0 Å². The molecular weight excluding hydrogens is 577 g/mol. The molecule has 0 fully saturated rings. The van der Waals surface area contributed by atoms with Crippen LogP contribution in [0.3, 0.4) is 0 Å². The molecule has 0 heteroatoms. The van der Waals surface area contributed by atoms with Crippen molar-refractivity contribution in [1.29, 1.82) is 0 Å². The molecule has 0 N–H and O–H groups in total. The molecule has 0 aromatic heterocycles. The molecule has 0 radical (unpaired) electrons. The Morgan fingerprint density at radius 1 is 0.208 bits per heavy atom. The van der Waals surface area contributed by atoms with Crippen LogP contribution in [0, 0.1) is 0 Å². The molecule has 0 amide bonds. The molecule has 11 aromatic rings. The molecule has 0 bridgehead atoms. The van der Waals surface area contributed by atoms with E-state index in [-0.39, 0.29) is 0 Å². The van der Waals surface area contributed by atoms with Gasteiger partial charge in [-0.05, 0) is 127 Å². The summed E-state index contributed by atoms with van der Waals surface area (Å²) in [4.78, 5) is 0. The van der Waals surface area contributed by atoms with Gasteiger partial charge in [-0.1, -0.05) is 152 Å². The minimum atomic E-state index is 1.24. The molecule has 48 heavy (non-hydrogen) atoms. The van der Waals surface area contributed by atoms with E-state index in [1.807, 2.05) is 0 Å². The first-order valence-electron chi connectivity index (χ1n) is 16.8. The van der Waals surface area contributed by atoms with Gasteiger partial charge >= 0.3 is 0 Å². The van der Waals surface area contributed by atoms with Crippen molar-refractivity contribution in [3.05, 3.63) is 170 Å². The highest BCUT2D eigenvalue weighted by molar-refractivity contribution is 6.45. The van der Waals surface area contributed by atoms with Crippen molar-refractivity contribution < 1.29 is 0 Å². The van der Waals surface area contributed by atoms with Crippen molar-refractivity contribution in [2.75, 3.05) is 0 Å². The molecule has 11 aromatic carbocycles. The molecule has 0 spiro atoms. The number of benzene rings is 9. The maximum absolute atomic E-state index is 2.52. The summed E-state index contributed by atoms with van der Waals surface area (Å²) in [5.41, 5.74) is 7.63. The summed E-state index contributed by atoms with van der Waals surface area (Å²) >= 11 is 0. The second-order valence-electron chi connectivity index (χ2n) is 13.1. The Hall–Kier alpha value is -6.24. The average Bonchev–Trinajstić information content (AvgIpc) is 3.66. The van der Waals surface area contributed by atoms with Crippen molar-refractivity contribution >= 4 is 75.4 Å². The van der Waals surface area contributed by atoms with Crippen LogP contribution in [0.25, 0.3) is 109 Å². The summed E-state index contributed by atoms with van der Waals surface area (Å²) in [5, 5.41) is 18.6. The average molecular weight is 605 g/mol. The minimum absolute atomic E-state index is 1.24. The Morgan fingerprint density at radius 3 is 1.44 bits per heavy atom. The maximum Gasteiger partial charge on any atom is -0.000719 e. The van der Waals surface area contributed by atoms with Gasteiger partial charge in [0.2, 0.25) is 0 Å². The predicted octanol–water partition coefficient (Wildman–Crippen LogP) is 13.6. The van der Waals surface area contributed by atoms with Crippen LogP contribution in [0.4, 0.5) is 0 Å². The highest BCUT2D eigenvalue weighted by Gasteiger charge is 2.26. The second kappa shape index (κ2) is 9.64. The third-order valence-corrected chi connectivity index (χ3v) is 10.7. The molecular formula is C48H28. The van der Waals surface area contributed by atoms with Crippen LogP contribution >= 0.6 is 0 Å². The molecule has 220 valence electrons. The molecule has 0 unspecified atom stereocenters. The van der Waals surface area contributed by atoms with Crippen LogP contribution in [0.15, 0.2) is 170 Å². The van der Waals surface area contributed by atoms with Crippen LogP contribution in [-0.2, 0) is 0 Å². The van der Waals surface area contributed by atoms with Crippen molar-refractivity contribution in [3.8, 4) is 33.4 Å². The Labute approximate surface area is 277 Å². The van der Waals surface area contributed by atoms with E-state index in [1.165, 1.54) is 109 Å². The third-order valence-electron chi connectivity index (χ3n) is 10.7. The normalized spacial score (nSPS) is 12.2. The minimum Gasteiger partial charge on any atom is -0.0622 e. The standard InChI is InChI=1S/C48H28/c1-4-14-29(15-5-1)33-26-32-20-12-24-37-42(32)40(27-33)48-43(30-16-6-2-7-17-30)41-28-39-35-22-11-10-21-34(35)36-23-13-25-38(45(36)39)46(41)44(47(37)48)31-18-8-3-9-19-31/h1-28H. The van der Waals surface area contributed by atoms with E-state index in [0.29, 0.717) is 0 Å². The molecule has 11 rings (SSSR count). The topological polar surface area (TPSA) is 0 Å². The summed E-state index contributed by atoms with van der Waals surface area (Å²) in [6.07, 6.45) is 0. The molecule has 0 aliphatic rings. The lowest BCUT2D eigenvalue weighted by Gasteiger charge is -2.19. The smallest absolute Gasteiger partial charge is 0.000719 e. The van der Waals surface area contributed by atoms with Gasteiger partial charge in [0.05, 0.1) is 0 Å². The van der Waals surface area contributed by atoms with Crippen LogP contribution in [0.2, 0.25) is 0 Å². The predicted molar refractivity (Wildman–Crippen MR) is 208 cm³/mol. The lowest BCUT2D eigenvalue weighted by atomic mass is 9.83. The number of hydrogen-bond donors (Lipinski definition) is 0. The fourth-order valence-corrected chi connectivity index (χ4v) is 8.82. The fraction of sp³-hybridized carbons (Fsp3) is 0. The molecule has 0 aliphatic heterocycles. The second-order valence-corrected chi connectivity index (χ2v) is 13.1. The lowest BCUT2D eigenvalue weighted by Crippen LogP contribution is -1.91. The molecule has 0 heterocycles. The molecule has 0 saturated carbocycles. The first-order chi connectivity index (χ1) is 23.8. The summed E-state index contributed by atoms with van der Waals surface area (Å²) in [5.74, 6) is 0. The third kappa shape index (κ3) is 3.39. The lowest BCUT2D eigenvalue weighted by molar-refractivity contribution is 1.66. The highest BCUT2D eigenvalue weighted by Crippen LogP contribution is 2.54. The van der Waals surface area contributed by atoms with Crippen LogP contribution < -0.4 is 0 Å². The molecule has 0 nitrogen and oxygen atoms in total. The fourth-order valence-electron chi connectivity index (χ4n) is 8.82. The van der Waals surface area contributed by atoms with Gasteiger partial charge in [0, 0.05) is 0 Å². The summed E-state index contributed by atoms with van der Waals surface area (Å²) in [6, 6.07) is 63.1. The van der Waals surface area contributed by atoms with E-state index in [2.05, 4.69) is 170 Å². The zero-order valence-electron chi connectivity index (χ0n) is 26.2. The van der Waals surface area contributed by atoms with E-state index in [9.17, 15) is 0 Å². The van der Waals surface area contributed by atoms with Crippen molar-refractivity contribution in [1.82, 2.24) is 0 Å². The van der Waals surface area contributed by atoms with E-state index in [0.717, 1.165) is 0 Å². The van der Waals surface area contributed by atoms with Crippen LogP contribution in [-0.4, -0.2) is 0 Å². The van der Waals surface area contributed by atoms with Gasteiger partial charge in [-0.2, -0.15) is 0 Å². The Morgan fingerprint density at radius 2 is 0.729 bits per heavy atom. The first-order valence-corrected chi connectivity index (χ1v) is 16.8. The Kier molecular flexibility index (Phi) is 5.20. The van der Waals surface area contributed by atoms with Gasteiger partial charge in [-0.25, -0.2) is 0 Å². The number of fused-ring (bicyclic) bond motifs is 8. The van der Waals surface area contributed by atoms with Gasteiger partial charge < -0.3 is 0 Å². The maximum atomic E-state index is 2.52.